The van der Waals surface area contributed by atoms with Gasteiger partial charge in [-0.3, -0.25) is 9.69 Å². The van der Waals surface area contributed by atoms with E-state index in [0.29, 0.717) is 10.1 Å². The number of fused-ring (bicyclic) bond motifs is 1. The van der Waals surface area contributed by atoms with Crippen molar-refractivity contribution in [3.63, 3.8) is 0 Å². The zero-order valence-corrected chi connectivity index (χ0v) is 19.1. The van der Waals surface area contributed by atoms with Crippen LogP contribution >= 0.6 is 23.5 Å². The first-order valence-electron chi connectivity index (χ1n) is 10.0. The molecule has 1 amide bonds. The molecule has 6 heteroatoms. The van der Waals surface area contributed by atoms with Gasteiger partial charge in [-0.1, -0.05) is 54.2 Å². The molecule has 31 heavy (non-hydrogen) atoms. The van der Waals surface area contributed by atoms with Crippen molar-refractivity contribution in [3.8, 4) is 0 Å². The summed E-state index contributed by atoms with van der Waals surface area (Å²) in [6.07, 6.45) is 0. The second kappa shape index (κ2) is 7.94. The van der Waals surface area contributed by atoms with Gasteiger partial charge in [0.05, 0.1) is 22.1 Å². The third kappa shape index (κ3) is 3.56. The van der Waals surface area contributed by atoms with E-state index in [-0.39, 0.29) is 5.91 Å². The molecule has 0 radical (unpaired) electrons. The minimum Gasteiger partial charge on any atom is -0.337 e. The first-order valence-corrected chi connectivity index (χ1v) is 11.6. The van der Waals surface area contributed by atoms with Crippen LogP contribution in [0.4, 0.5) is 17.1 Å². The third-order valence-electron chi connectivity index (χ3n) is 5.31. The predicted molar refractivity (Wildman–Crippen MR) is 132 cm³/mol. The maximum absolute atomic E-state index is 13.7. The highest BCUT2D eigenvalue weighted by Gasteiger charge is 2.40. The third-order valence-corrected chi connectivity index (χ3v) is 7.70. The summed E-state index contributed by atoms with van der Waals surface area (Å²) in [6.45, 7) is 4.10. The van der Waals surface area contributed by atoms with Gasteiger partial charge in [0.25, 0.3) is 5.91 Å². The normalized spacial score (nSPS) is 19.5. The van der Waals surface area contributed by atoms with Crippen molar-refractivity contribution in [3.05, 3.63) is 93.9 Å². The van der Waals surface area contributed by atoms with Crippen LogP contribution in [0.25, 0.3) is 0 Å². The summed E-state index contributed by atoms with van der Waals surface area (Å²) >= 11 is 3.08. The number of aliphatic imine (C=N–C) groups is 1. The number of rotatable bonds is 2. The van der Waals surface area contributed by atoms with Gasteiger partial charge in [0.2, 0.25) is 0 Å². The summed E-state index contributed by atoms with van der Waals surface area (Å²) in [4.78, 5) is 24.3. The highest BCUT2D eigenvalue weighted by molar-refractivity contribution is 8.20. The number of hydrogen-bond acceptors (Lipinski definition) is 5. The first kappa shape index (κ1) is 20.0. The van der Waals surface area contributed by atoms with Gasteiger partial charge in [0, 0.05) is 11.9 Å². The average Bonchev–Trinajstić information content (AvgIpc) is 3.28. The SMILES string of the molecule is Cc1ccc(C)c(N=C2S/C(=C3\Sc4ccccc4N3C)C(=O)N2c2ccccc2)c1. The van der Waals surface area contributed by atoms with Crippen molar-refractivity contribution in [1.29, 1.82) is 0 Å². The summed E-state index contributed by atoms with van der Waals surface area (Å²) in [5.41, 5.74) is 5.06. The minimum absolute atomic E-state index is 0.0394. The van der Waals surface area contributed by atoms with Gasteiger partial charge in [0.15, 0.2) is 5.17 Å². The molecule has 0 aromatic heterocycles. The topological polar surface area (TPSA) is 35.9 Å². The molecule has 0 unspecified atom stereocenters. The molecule has 3 aromatic carbocycles. The molecule has 0 atom stereocenters. The molecule has 2 aliphatic rings. The number of benzene rings is 3. The van der Waals surface area contributed by atoms with E-state index in [1.807, 2.05) is 56.4 Å². The monoisotopic (exact) mass is 443 g/mol. The van der Waals surface area contributed by atoms with Crippen molar-refractivity contribution in [2.75, 3.05) is 16.8 Å². The predicted octanol–water partition coefficient (Wildman–Crippen LogP) is 6.48. The van der Waals surface area contributed by atoms with E-state index in [2.05, 4.69) is 42.2 Å². The van der Waals surface area contributed by atoms with Gasteiger partial charge in [-0.25, -0.2) is 4.99 Å². The zero-order valence-electron chi connectivity index (χ0n) is 17.5. The lowest BCUT2D eigenvalue weighted by atomic mass is 10.1. The van der Waals surface area contributed by atoms with Gasteiger partial charge < -0.3 is 4.90 Å². The standard InChI is InChI=1S/C25H21N3OS2/c1-16-13-14-17(2)19(15-16)26-25-28(18-9-5-4-6-10-18)23(29)22(31-25)24-27(3)20-11-7-8-12-21(20)30-24/h4-15H,1-3H3/b24-22-,26-25?. The Morgan fingerprint density at radius 1 is 0.871 bits per heavy atom. The van der Waals surface area contributed by atoms with E-state index in [1.54, 1.807) is 16.7 Å². The second-order valence-electron chi connectivity index (χ2n) is 7.53. The number of para-hydroxylation sites is 2. The molecule has 0 saturated carbocycles. The fourth-order valence-electron chi connectivity index (χ4n) is 3.63. The van der Waals surface area contributed by atoms with Gasteiger partial charge in [-0.15, -0.1) is 0 Å². The summed E-state index contributed by atoms with van der Waals surface area (Å²) in [5, 5.41) is 1.63. The lowest BCUT2D eigenvalue weighted by molar-refractivity contribution is -0.113. The summed E-state index contributed by atoms with van der Waals surface area (Å²) in [7, 11) is 2.02. The maximum Gasteiger partial charge on any atom is 0.274 e. The van der Waals surface area contributed by atoms with Crippen molar-refractivity contribution >= 4 is 51.7 Å². The summed E-state index contributed by atoms with van der Waals surface area (Å²) < 4.78 is 0. The van der Waals surface area contributed by atoms with Crippen molar-refractivity contribution < 1.29 is 4.79 Å². The van der Waals surface area contributed by atoms with Gasteiger partial charge in [-0.05, 0) is 67.1 Å². The van der Waals surface area contributed by atoms with Crippen LogP contribution in [0.2, 0.25) is 0 Å². The van der Waals surface area contributed by atoms with Crippen LogP contribution in [-0.2, 0) is 4.79 Å². The van der Waals surface area contributed by atoms with E-state index in [4.69, 9.17) is 4.99 Å². The maximum atomic E-state index is 13.7. The lowest BCUT2D eigenvalue weighted by Gasteiger charge is -2.17. The molecule has 5 rings (SSSR count). The molecule has 1 saturated heterocycles. The number of aryl methyl sites for hydroxylation is 2. The van der Waals surface area contributed by atoms with Crippen LogP contribution in [-0.4, -0.2) is 18.1 Å². The van der Waals surface area contributed by atoms with E-state index in [9.17, 15) is 4.79 Å². The number of nitrogens with zero attached hydrogens (tertiary/aromatic N) is 3. The smallest absolute Gasteiger partial charge is 0.274 e. The van der Waals surface area contributed by atoms with Crippen LogP contribution < -0.4 is 9.80 Å². The number of thioether (sulfide) groups is 2. The number of carbonyl (C=O) groups is 1. The fraction of sp³-hybridized carbons (Fsp3) is 0.120. The minimum atomic E-state index is -0.0394. The molecule has 1 fully saturated rings. The Morgan fingerprint density at radius 3 is 2.39 bits per heavy atom. The Hall–Kier alpha value is -2.96. The van der Waals surface area contributed by atoms with Gasteiger partial charge >= 0.3 is 0 Å². The van der Waals surface area contributed by atoms with E-state index in [0.717, 1.165) is 38.1 Å². The fourth-order valence-corrected chi connectivity index (χ4v) is 5.96. The molecular formula is C25H21N3OS2. The Kier molecular flexibility index (Phi) is 5.12. The number of hydrogen-bond donors (Lipinski definition) is 0. The lowest BCUT2D eigenvalue weighted by Crippen LogP contribution is -2.29. The second-order valence-corrected chi connectivity index (χ2v) is 9.53. The molecule has 0 spiro atoms. The van der Waals surface area contributed by atoms with Crippen molar-refractivity contribution in [1.82, 2.24) is 0 Å². The van der Waals surface area contributed by atoms with E-state index >= 15 is 0 Å². The molecule has 3 aromatic rings. The number of anilines is 2. The van der Waals surface area contributed by atoms with E-state index < -0.39 is 0 Å². The van der Waals surface area contributed by atoms with Crippen molar-refractivity contribution in [2.24, 2.45) is 4.99 Å². The Balaban J connectivity index is 1.64. The van der Waals surface area contributed by atoms with Crippen LogP contribution in [0.3, 0.4) is 0 Å². The molecular weight excluding hydrogens is 422 g/mol. The Morgan fingerprint density at radius 2 is 1.61 bits per heavy atom. The molecule has 2 heterocycles. The Bertz CT molecular complexity index is 1250. The number of carbonyl (C=O) groups excluding carboxylic acids is 1. The number of amidine groups is 1. The molecule has 154 valence electrons. The molecule has 4 nitrogen and oxygen atoms in total. The molecule has 0 N–H and O–H groups in total. The largest absolute Gasteiger partial charge is 0.337 e. The van der Waals surface area contributed by atoms with E-state index in [1.165, 1.54) is 11.8 Å². The zero-order chi connectivity index (χ0) is 21.5. The Labute approximate surface area is 190 Å². The molecule has 0 bridgehead atoms. The summed E-state index contributed by atoms with van der Waals surface area (Å²) in [5.74, 6) is -0.0394. The average molecular weight is 444 g/mol. The highest BCUT2D eigenvalue weighted by Crippen LogP contribution is 2.50. The number of amides is 1. The van der Waals surface area contributed by atoms with Crippen molar-refractivity contribution in [2.45, 2.75) is 18.7 Å². The van der Waals surface area contributed by atoms with Crippen LogP contribution in [0.15, 0.2) is 92.6 Å². The molecule has 0 aliphatic carbocycles. The highest BCUT2D eigenvalue weighted by atomic mass is 32.2. The van der Waals surface area contributed by atoms with Crippen LogP contribution in [0.5, 0.6) is 0 Å². The first-order chi connectivity index (χ1) is 15.0. The van der Waals surface area contributed by atoms with Gasteiger partial charge in [-0.2, -0.15) is 0 Å². The van der Waals surface area contributed by atoms with Crippen LogP contribution in [0, 0.1) is 13.8 Å². The summed E-state index contributed by atoms with van der Waals surface area (Å²) in [6, 6.07) is 24.2. The van der Waals surface area contributed by atoms with Gasteiger partial charge in [0.1, 0.15) is 4.91 Å². The van der Waals surface area contributed by atoms with Crippen LogP contribution in [0.1, 0.15) is 11.1 Å². The molecule has 2 aliphatic heterocycles. The quantitative estimate of drug-likeness (QED) is 0.425.